The van der Waals surface area contributed by atoms with Gasteiger partial charge in [-0.2, -0.15) is 0 Å². The summed E-state index contributed by atoms with van der Waals surface area (Å²) in [4.78, 5) is 17.0. The number of nitrogens with zero attached hydrogens (tertiary/aromatic N) is 2. The van der Waals surface area contributed by atoms with E-state index in [4.69, 9.17) is 4.74 Å². The summed E-state index contributed by atoms with van der Waals surface area (Å²) in [5.74, 6) is 0.936. The Morgan fingerprint density at radius 1 is 1.11 bits per heavy atom. The number of hydrogen-bond donors (Lipinski definition) is 1. The van der Waals surface area contributed by atoms with E-state index in [9.17, 15) is 13.2 Å². The number of carbonyl (C=O) groups is 1. The van der Waals surface area contributed by atoms with Crippen LogP contribution in [0.1, 0.15) is 32.1 Å². The molecule has 1 amide bonds. The van der Waals surface area contributed by atoms with Crippen LogP contribution < -0.4 is 9.46 Å². The Hall–Kier alpha value is -1.64. The molecule has 2 saturated heterocycles. The van der Waals surface area contributed by atoms with Gasteiger partial charge in [0.1, 0.15) is 5.75 Å². The van der Waals surface area contributed by atoms with E-state index in [1.54, 1.807) is 19.2 Å². The standard InChI is InChI=1S/C20H31N3O4S/c1-27-18-7-9-19(10-8-18)28(25,26)21-14-17-6-5-13-23(15-17)20(24)16-22-11-3-2-4-12-22/h7-10,17,21H,2-6,11-16H2,1H3/t17-/m1/s1. The van der Waals surface area contributed by atoms with E-state index in [1.807, 2.05) is 4.90 Å². The first-order valence-corrected chi connectivity index (χ1v) is 11.6. The zero-order chi connectivity index (χ0) is 20.0. The number of sulfonamides is 1. The lowest BCUT2D eigenvalue weighted by Crippen LogP contribution is -2.47. The molecule has 2 aliphatic heterocycles. The number of carbonyl (C=O) groups excluding carboxylic acids is 1. The smallest absolute Gasteiger partial charge is 0.240 e. The Morgan fingerprint density at radius 3 is 2.50 bits per heavy atom. The van der Waals surface area contributed by atoms with Gasteiger partial charge in [-0.1, -0.05) is 6.42 Å². The molecule has 0 unspecified atom stereocenters. The second-order valence-corrected chi connectivity index (χ2v) is 9.48. The van der Waals surface area contributed by atoms with Crippen LogP contribution in [0, 0.1) is 5.92 Å². The number of hydrogen-bond acceptors (Lipinski definition) is 5. The topological polar surface area (TPSA) is 79.0 Å². The third-order valence-corrected chi connectivity index (χ3v) is 7.05. The second kappa shape index (κ2) is 9.71. The summed E-state index contributed by atoms with van der Waals surface area (Å²) in [6, 6.07) is 6.35. The highest BCUT2D eigenvalue weighted by molar-refractivity contribution is 7.89. The van der Waals surface area contributed by atoms with E-state index >= 15 is 0 Å². The molecular formula is C20H31N3O4S. The highest BCUT2D eigenvalue weighted by Gasteiger charge is 2.26. The molecule has 3 rings (SSSR count). The molecule has 1 aromatic carbocycles. The highest BCUT2D eigenvalue weighted by Crippen LogP contribution is 2.19. The average Bonchev–Trinajstić information content (AvgIpc) is 2.73. The van der Waals surface area contributed by atoms with Crippen LogP contribution in [0.25, 0.3) is 0 Å². The molecule has 2 fully saturated rings. The molecule has 0 radical (unpaired) electrons. The third kappa shape index (κ3) is 5.68. The number of benzene rings is 1. The van der Waals surface area contributed by atoms with Gasteiger partial charge in [0.05, 0.1) is 18.6 Å². The summed E-state index contributed by atoms with van der Waals surface area (Å²) in [6.07, 6.45) is 5.44. The number of nitrogens with one attached hydrogen (secondary N) is 1. The first-order chi connectivity index (χ1) is 13.5. The fourth-order valence-corrected chi connectivity index (χ4v) is 5.05. The van der Waals surface area contributed by atoms with Gasteiger partial charge in [-0.05, 0) is 69.0 Å². The van der Waals surface area contributed by atoms with Crippen molar-refractivity contribution in [1.82, 2.24) is 14.5 Å². The van der Waals surface area contributed by atoms with E-state index in [-0.39, 0.29) is 16.7 Å². The zero-order valence-corrected chi connectivity index (χ0v) is 17.4. The molecule has 156 valence electrons. The van der Waals surface area contributed by atoms with E-state index < -0.39 is 10.0 Å². The van der Waals surface area contributed by atoms with E-state index in [1.165, 1.54) is 31.4 Å². The minimum absolute atomic E-state index is 0.145. The predicted molar refractivity (Wildman–Crippen MR) is 108 cm³/mol. The normalized spacial score (nSPS) is 21.5. The van der Waals surface area contributed by atoms with Gasteiger partial charge >= 0.3 is 0 Å². The monoisotopic (exact) mass is 409 g/mol. The van der Waals surface area contributed by atoms with Gasteiger partial charge < -0.3 is 9.64 Å². The summed E-state index contributed by atoms with van der Waals surface area (Å²) in [6.45, 7) is 4.24. The molecule has 0 aromatic heterocycles. The van der Waals surface area contributed by atoms with E-state index in [0.29, 0.717) is 25.4 Å². The van der Waals surface area contributed by atoms with Gasteiger partial charge in [0.25, 0.3) is 0 Å². The van der Waals surface area contributed by atoms with Crippen LogP contribution in [0.15, 0.2) is 29.2 Å². The van der Waals surface area contributed by atoms with Crippen molar-refractivity contribution in [3.63, 3.8) is 0 Å². The number of methoxy groups -OCH3 is 1. The fourth-order valence-electron chi connectivity index (χ4n) is 3.93. The van der Waals surface area contributed by atoms with Gasteiger partial charge in [0, 0.05) is 19.6 Å². The van der Waals surface area contributed by atoms with Crippen molar-refractivity contribution in [2.24, 2.45) is 5.92 Å². The Balaban J connectivity index is 1.50. The molecule has 0 aliphatic carbocycles. The van der Waals surface area contributed by atoms with E-state index in [0.717, 1.165) is 32.5 Å². The number of ether oxygens (including phenoxy) is 1. The highest BCUT2D eigenvalue weighted by atomic mass is 32.2. The van der Waals surface area contributed by atoms with Gasteiger partial charge in [-0.25, -0.2) is 13.1 Å². The lowest BCUT2D eigenvalue weighted by Gasteiger charge is -2.35. The van der Waals surface area contributed by atoms with Crippen LogP contribution >= 0.6 is 0 Å². The van der Waals surface area contributed by atoms with Crippen molar-refractivity contribution in [3.8, 4) is 5.75 Å². The molecule has 1 atom stereocenters. The quantitative estimate of drug-likeness (QED) is 0.742. The van der Waals surface area contributed by atoms with Crippen LogP contribution in [0.5, 0.6) is 5.75 Å². The van der Waals surface area contributed by atoms with Crippen molar-refractivity contribution >= 4 is 15.9 Å². The maximum Gasteiger partial charge on any atom is 0.240 e. The molecule has 0 saturated carbocycles. The molecule has 1 aromatic rings. The fraction of sp³-hybridized carbons (Fsp3) is 0.650. The molecular weight excluding hydrogens is 378 g/mol. The molecule has 28 heavy (non-hydrogen) atoms. The van der Waals surface area contributed by atoms with Crippen LogP contribution in [0.2, 0.25) is 0 Å². The van der Waals surface area contributed by atoms with Crippen LogP contribution in [-0.2, 0) is 14.8 Å². The summed E-state index contributed by atoms with van der Waals surface area (Å²) in [5.41, 5.74) is 0. The molecule has 0 bridgehead atoms. The summed E-state index contributed by atoms with van der Waals surface area (Å²) in [5, 5.41) is 0. The summed E-state index contributed by atoms with van der Waals surface area (Å²) >= 11 is 0. The van der Waals surface area contributed by atoms with Gasteiger partial charge in [0.2, 0.25) is 15.9 Å². The van der Waals surface area contributed by atoms with Gasteiger partial charge in [-0.15, -0.1) is 0 Å². The van der Waals surface area contributed by atoms with Crippen molar-refractivity contribution in [1.29, 1.82) is 0 Å². The van der Waals surface area contributed by atoms with E-state index in [2.05, 4.69) is 9.62 Å². The molecule has 2 aliphatic rings. The predicted octanol–water partition coefficient (Wildman–Crippen LogP) is 1.70. The molecule has 7 nitrogen and oxygen atoms in total. The minimum Gasteiger partial charge on any atom is -0.497 e. The Kier molecular flexibility index (Phi) is 7.31. The second-order valence-electron chi connectivity index (χ2n) is 7.71. The van der Waals surface area contributed by atoms with Crippen LogP contribution in [0.4, 0.5) is 0 Å². The zero-order valence-electron chi connectivity index (χ0n) is 16.6. The molecule has 2 heterocycles. The van der Waals surface area contributed by atoms with Crippen LogP contribution in [-0.4, -0.2) is 70.5 Å². The van der Waals surface area contributed by atoms with Gasteiger partial charge in [0.15, 0.2) is 0 Å². The van der Waals surface area contributed by atoms with Gasteiger partial charge in [-0.3, -0.25) is 9.69 Å². The lowest BCUT2D eigenvalue weighted by atomic mass is 9.98. The van der Waals surface area contributed by atoms with Crippen molar-refractivity contribution in [2.75, 3.05) is 46.4 Å². The molecule has 8 heteroatoms. The van der Waals surface area contributed by atoms with Crippen molar-refractivity contribution in [3.05, 3.63) is 24.3 Å². The Labute approximate surface area is 168 Å². The largest absolute Gasteiger partial charge is 0.497 e. The number of likely N-dealkylation sites (tertiary alicyclic amines) is 2. The van der Waals surface area contributed by atoms with Crippen molar-refractivity contribution in [2.45, 2.75) is 37.0 Å². The van der Waals surface area contributed by atoms with Crippen molar-refractivity contribution < 1.29 is 17.9 Å². The third-order valence-electron chi connectivity index (χ3n) is 5.61. The number of amides is 1. The van der Waals surface area contributed by atoms with Crippen LogP contribution in [0.3, 0.4) is 0 Å². The number of rotatable bonds is 7. The Bertz CT molecular complexity index is 745. The average molecular weight is 410 g/mol. The first kappa shape index (κ1) is 21.1. The molecule has 0 spiro atoms. The first-order valence-electron chi connectivity index (χ1n) is 10.1. The SMILES string of the molecule is COc1ccc(S(=O)(=O)NC[C@H]2CCCN(C(=O)CN3CCCCC3)C2)cc1. The minimum atomic E-state index is -3.56. The molecule has 1 N–H and O–H groups in total. The maximum atomic E-state index is 12.6. The maximum absolute atomic E-state index is 12.6. The number of piperidine rings is 2. The summed E-state index contributed by atoms with van der Waals surface area (Å²) < 4.78 is 32.8. The Morgan fingerprint density at radius 2 is 1.82 bits per heavy atom. The lowest BCUT2D eigenvalue weighted by molar-refractivity contribution is -0.134. The summed E-state index contributed by atoms with van der Waals surface area (Å²) in [7, 11) is -2.02.